The van der Waals surface area contributed by atoms with Crippen molar-refractivity contribution in [2.75, 3.05) is 12.3 Å². The molecule has 2 rings (SSSR count). The normalized spacial score (nSPS) is 21.1. The van der Waals surface area contributed by atoms with Gasteiger partial charge in [0.05, 0.1) is 5.69 Å². The van der Waals surface area contributed by atoms with Gasteiger partial charge < -0.3 is 10.6 Å². The van der Waals surface area contributed by atoms with Crippen molar-refractivity contribution in [1.82, 2.24) is 14.7 Å². The van der Waals surface area contributed by atoms with Gasteiger partial charge in [0.2, 0.25) is 0 Å². The third-order valence-electron chi connectivity index (χ3n) is 3.12. The Balaban J connectivity index is 2.21. The summed E-state index contributed by atoms with van der Waals surface area (Å²) in [5, 5.41) is 4.12. The molecule has 1 aliphatic heterocycles. The van der Waals surface area contributed by atoms with Crippen molar-refractivity contribution in [3.05, 3.63) is 11.9 Å². The van der Waals surface area contributed by atoms with E-state index in [-0.39, 0.29) is 5.91 Å². The number of aromatic nitrogens is 2. The zero-order chi connectivity index (χ0) is 11.7. The van der Waals surface area contributed by atoms with Crippen LogP contribution in [0.15, 0.2) is 6.20 Å². The Bertz CT molecular complexity index is 399. The number of amides is 1. The molecule has 5 heteroatoms. The Kier molecular flexibility index (Phi) is 2.85. The monoisotopic (exact) mass is 222 g/mol. The van der Waals surface area contributed by atoms with Gasteiger partial charge in [-0.15, -0.1) is 0 Å². The molecule has 88 valence electrons. The summed E-state index contributed by atoms with van der Waals surface area (Å²) in [7, 11) is 1.77. The van der Waals surface area contributed by atoms with Crippen molar-refractivity contribution >= 4 is 11.6 Å². The van der Waals surface area contributed by atoms with Crippen LogP contribution in [0.5, 0.6) is 0 Å². The average molecular weight is 222 g/mol. The van der Waals surface area contributed by atoms with Crippen molar-refractivity contribution in [2.45, 2.75) is 32.2 Å². The summed E-state index contributed by atoms with van der Waals surface area (Å²) in [6, 6.07) is 0.294. The van der Waals surface area contributed by atoms with E-state index in [0.29, 0.717) is 17.4 Å². The van der Waals surface area contributed by atoms with E-state index in [4.69, 9.17) is 5.73 Å². The molecule has 1 unspecified atom stereocenters. The molecule has 2 heterocycles. The molecular formula is C11H18N4O. The quantitative estimate of drug-likeness (QED) is 0.771. The number of nitrogens with zero attached hydrogens (tertiary/aromatic N) is 3. The fourth-order valence-electron chi connectivity index (χ4n) is 2.21. The number of nitrogen functional groups attached to an aromatic ring is 1. The summed E-state index contributed by atoms with van der Waals surface area (Å²) in [5.41, 5.74) is 6.61. The van der Waals surface area contributed by atoms with Crippen molar-refractivity contribution < 1.29 is 4.79 Å². The fraction of sp³-hybridized carbons (Fsp3) is 0.636. The van der Waals surface area contributed by atoms with E-state index in [0.717, 1.165) is 19.4 Å². The van der Waals surface area contributed by atoms with Crippen LogP contribution in [0.3, 0.4) is 0 Å². The second-order valence-corrected chi connectivity index (χ2v) is 4.45. The molecule has 2 N–H and O–H groups in total. The van der Waals surface area contributed by atoms with Gasteiger partial charge >= 0.3 is 0 Å². The third-order valence-corrected chi connectivity index (χ3v) is 3.12. The van der Waals surface area contributed by atoms with Gasteiger partial charge in [0.15, 0.2) is 5.69 Å². The number of likely N-dealkylation sites (tertiary alicyclic amines) is 1. The summed E-state index contributed by atoms with van der Waals surface area (Å²) < 4.78 is 1.58. The molecule has 1 fully saturated rings. The SMILES string of the molecule is CC1CCCCN1C(=O)c1nn(C)cc1N. The molecule has 1 aromatic heterocycles. The summed E-state index contributed by atoms with van der Waals surface area (Å²) >= 11 is 0. The van der Waals surface area contributed by atoms with Crippen LogP contribution in [0.2, 0.25) is 0 Å². The van der Waals surface area contributed by atoms with Gasteiger partial charge in [-0.1, -0.05) is 0 Å². The fourth-order valence-corrected chi connectivity index (χ4v) is 2.21. The van der Waals surface area contributed by atoms with Gasteiger partial charge in [0, 0.05) is 25.8 Å². The number of aryl methyl sites for hydroxylation is 1. The van der Waals surface area contributed by atoms with E-state index in [2.05, 4.69) is 12.0 Å². The van der Waals surface area contributed by atoms with Crippen LogP contribution in [0.4, 0.5) is 5.69 Å². The maximum absolute atomic E-state index is 12.2. The molecule has 1 amide bonds. The van der Waals surface area contributed by atoms with E-state index in [9.17, 15) is 4.79 Å². The molecule has 1 atom stereocenters. The smallest absolute Gasteiger partial charge is 0.276 e. The summed E-state index contributed by atoms with van der Waals surface area (Å²) in [6.07, 6.45) is 5.01. The molecule has 1 aromatic rings. The second-order valence-electron chi connectivity index (χ2n) is 4.45. The van der Waals surface area contributed by atoms with E-state index >= 15 is 0 Å². The molecule has 0 spiro atoms. The highest BCUT2D eigenvalue weighted by Gasteiger charge is 2.27. The van der Waals surface area contributed by atoms with E-state index in [1.54, 1.807) is 17.9 Å². The van der Waals surface area contributed by atoms with Crippen molar-refractivity contribution in [2.24, 2.45) is 7.05 Å². The largest absolute Gasteiger partial charge is 0.396 e. The van der Waals surface area contributed by atoms with Crippen LogP contribution < -0.4 is 5.73 Å². The number of hydrogen-bond donors (Lipinski definition) is 1. The molecule has 1 saturated heterocycles. The molecule has 16 heavy (non-hydrogen) atoms. The molecule has 0 saturated carbocycles. The zero-order valence-corrected chi connectivity index (χ0v) is 9.81. The first-order chi connectivity index (χ1) is 7.59. The Labute approximate surface area is 95.2 Å². The van der Waals surface area contributed by atoms with Crippen LogP contribution in [-0.2, 0) is 7.05 Å². The standard InChI is InChI=1S/C11H18N4O/c1-8-5-3-4-6-15(8)11(16)10-9(12)7-14(2)13-10/h7-8H,3-6,12H2,1-2H3. The van der Waals surface area contributed by atoms with Gasteiger partial charge in [0.1, 0.15) is 0 Å². The van der Waals surface area contributed by atoms with Crippen molar-refractivity contribution in [3.8, 4) is 0 Å². The Morgan fingerprint density at radius 3 is 2.88 bits per heavy atom. The minimum atomic E-state index is -0.0368. The number of carbonyl (C=O) groups excluding carboxylic acids is 1. The van der Waals surface area contributed by atoms with Crippen LogP contribution in [-0.4, -0.2) is 33.2 Å². The minimum absolute atomic E-state index is 0.0368. The number of nitrogens with two attached hydrogens (primary N) is 1. The maximum Gasteiger partial charge on any atom is 0.276 e. The van der Waals surface area contributed by atoms with Gasteiger partial charge in [0.25, 0.3) is 5.91 Å². The van der Waals surface area contributed by atoms with E-state index in [1.807, 2.05) is 4.90 Å². The summed E-state index contributed by atoms with van der Waals surface area (Å²) in [4.78, 5) is 14.1. The predicted octanol–water partition coefficient (Wildman–Crippen LogP) is 1.02. The van der Waals surface area contributed by atoms with Crippen LogP contribution in [0.25, 0.3) is 0 Å². The van der Waals surface area contributed by atoms with Crippen LogP contribution >= 0.6 is 0 Å². The minimum Gasteiger partial charge on any atom is -0.396 e. The molecule has 5 nitrogen and oxygen atoms in total. The molecule has 0 radical (unpaired) electrons. The average Bonchev–Trinajstić information content (AvgIpc) is 2.58. The lowest BCUT2D eigenvalue weighted by Crippen LogP contribution is -2.42. The lowest BCUT2D eigenvalue weighted by Gasteiger charge is -2.32. The van der Waals surface area contributed by atoms with Crippen LogP contribution in [0, 0.1) is 0 Å². The van der Waals surface area contributed by atoms with Crippen molar-refractivity contribution in [3.63, 3.8) is 0 Å². The Morgan fingerprint density at radius 1 is 1.56 bits per heavy atom. The number of piperidine rings is 1. The molecule has 0 bridgehead atoms. The van der Waals surface area contributed by atoms with Gasteiger partial charge in [-0.05, 0) is 26.2 Å². The Morgan fingerprint density at radius 2 is 2.31 bits per heavy atom. The molecule has 0 aliphatic carbocycles. The molecule has 1 aliphatic rings. The summed E-state index contributed by atoms with van der Waals surface area (Å²) in [5.74, 6) is -0.0368. The Hall–Kier alpha value is -1.52. The lowest BCUT2D eigenvalue weighted by molar-refractivity contribution is 0.0630. The number of rotatable bonds is 1. The highest BCUT2D eigenvalue weighted by molar-refractivity contribution is 5.97. The molecular weight excluding hydrogens is 204 g/mol. The maximum atomic E-state index is 12.2. The van der Waals surface area contributed by atoms with Gasteiger partial charge in [-0.25, -0.2) is 0 Å². The third kappa shape index (κ3) is 1.89. The number of anilines is 1. The number of hydrogen-bond acceptors (Lipinski definition) is 3. The highest BCUT2D eigenvalue weighted by Crippen LogP contribution is 2.20. The molecule has 0 aromatic carbocycles. The first kappa shape index (κ1) is 11.0. The second kappa shape index (κ2) is 4.15. The predicted molar refractivity (Wildman–Crippen MR) is 62.0 cm³/mol. The van der Waals surface area contributed by atoms with E-state index in [1.165, 1.54) is 6.42 Å². The summed E-state index contributed by atoms with van der Waals surface area (Å²) in [6.45, 7) is 2.90. The van der Waals surface area contributed by atoms with Gasteiger partial charge in [-0.2, -0.15) is 5.10 Å². The van der Waals surface area contributed by atoms with Crippen LogP contribution in [0.1, 0.15) is 36.7 Å². The first-order valence-electron chi connectivity index (χ1n) is 5.69. The zero-order valence-electron chi connectivity index (χ0n) is 9.81. The lowest BCUT2D eigenvalue weighted by atomic mass is 10.0. The first-order valence-corrected chi connectivity index (χ1v) is 5.69. The van der Waals surface area contributed by atoms with Gasteiger partial charge in [-0.3, -0.25) is 9.48 Å². The highest BCUT2D eigenvalue weighted by atomic mass is 16.2. The topological polar surface area (TPSA) is 64.2 Å². The number of carbonyl (C=O) groups is 1. The van der Waals surface area contributed by atoms with Crippen molar-refractivity contribution in [1.29, 1.82) is 0 Å². The van der Waals surface area contributed by atoms with E-state index < -0.39 is 0 Å².